The zero-order valence-corrected chi connectivity index (χ0v) is 18.5. The van der Waals surface area contributed by atoms with Crippen LogP contribution in [0.3, 0.4) is 0 Å². The number of fused-ring (bicyclic) bond motifs is 1. The molecule has 0 unspecified atom stereocenters. The van der Waals surface area contributed by atoms with Crippen molar-refractivity contribution in [2.75, 3.05) is 13.7 Å². The summed E-state index contributed by atoms with van der Waals surface area (Å²) in [6, 6.07) is 6.91. The second-order valence-electron chi connectivity index (χ2n) is 7.64. The quantitative estimate of drug-likeness (QED) is 0.307. The third-order valence-corrected chi connectivity index (χ3v) is 5.54. The Morgan fingerprint density at radius 2 is 1.84 bits per heavy atom. The lowest BCUT2D eigenvalue weighted by atomic mass is 10.1. The standard InChI is InChI=1S/C24H27NO6/c1-14-11-23(28)31-24-16(3)21(9-8-18(14)24)30-13-20(26)19-12-15(2)25(17(19)4)10-6-7-22(27)29-5/h8-9,11-12H,6-7,10,13H2,1-5H3. The highest BCUT2D eigenvalue weighted by Crippen LogP contribution is 2.28. The van der Waals surface area contributed by atoms with Crippen LogP contribution in [-0.4, -0.2) is 30.0 Å². The van der Waals surface area contributed by atoms with Crippen LogP contribution in [0.5, 0.6) is 5.75 Å². The fraction of sp³-hybridized carbons (Fsp3) is 0.375. The molecule has 0 fully saturated rings. The Balaban J connectivity index is 1.74. The molecule has 2 aromatic heterocycles. The smallest absolute Gasteiger partial charge is 0.336 e. The summed E-state index contributed by atoms with van der Waals surface area (Å²) in [5.41, 5.74) is 3.95. The van der Waals surface area contributed by atoms with E-state index in [9.17, 15) is 14.4 Å². The summed E-state index contributed by atoms with van der Waals surface area (Å²) in [5.74, 6) is 0.114. The second-order valence-corrected chi connectivity index (χ2v) is 7.64. The fourth-order valence-corrected chi connectivity index (χ4v) is 3.79. The zero-order valence-electron chi connectivity index (χ0n) is 18.5. The molecule has 164 valence electrons. The minimum absolute atomic E-state index is 0.130. The molecule has 0 atom stereocenters. The molecule has 7 nitrogen and oxygen atoms in total. The Morgan fingerprint density at radius 3 is 2.55 bits per heavy atom. The number of carbonyl (C=O) groups is 2. The topological polar surface area (TPSA) is 87.7 Å². The van der Waals surface area contributed by atoms with Gasteiger partial charge in [0.25, 0.3) is 0 Å². The summed E-state index contributed by atoms with van der Waals surface area (Å²) in [6.45, 7) is 7.97. The van der Waals surface area contributed by atoms with Crippen LogP contribution in [-0.2, 0) is 16.1 Å². The predicted molar refractivity (Wildman–Crippen MR) is 117 cm³/mol. The Labute approximate surface area is 180 Å². The molecule has 7 heteroatoms. The van der Waals surface area contributed by atoms with E-state index in [1.54, 1.807) is 13.0 Å². The third-order valence-electron chi connectivity index (χ3n) is 5.54. The number of Topliss-reactive ketones (excluding diaryl/α,β-unsaturated/α-hetero) is 1. The number of aryl methyl sites for hydroxylation is 3. The molecule has 0 bridgehead atoms. The maximum absolute atomic E-state index is 12.8. The Bertz CT molecular complexity index is 1200. The Morgan fingerprint density at radius 1 is 1.10 bits per heavy atom. The molecule has 0 aliphatic carbocycles. The third kappa shape index (κ3) is 4.71. The van der Waals surface area contributed by atoms with Crippen molar-refractivity contribution in [1.82, 2.24) is 4.57 Å². The number of hydrogen-bond donors (Lipinski definition) is 0. The molecule has 1 aromatic carbocycles. The van der Waals surface area contributed by atoms with Crippen molar-refractivity contribution < 1.29 is 23.5 Å². The number of aromatic nitrogens is 1. The van der Waals surface area contributed by atoms with E-state index in [4.69, 9.17) is 9.15 Å². The van der Waals surface area contributed by atoms with Crippen LogP contribution < -0.4 is 10.4 Å². The first-order valence-corrected chi connectivity index (χ1v) is 10.2. The largest absolute Gasteiger partial charge is 0.485 e. The first-order valence-electron chi connectivity index (χ1n) is 10.2. The average Bonchev–Trinajstić information content (AvgIpc) is 3.01. The van der Waals surface area contributed by atoms with E-state index in [1.807, 2.05) is 37.5 Å². The molecule has 0 N–H and O–H groups in total. The van der Waals surface area contributed by atoms with Crippen molar-refractivity contribution in [2.45, 2.75) is 47.1 Å². The second kappa shape index (κ2) is 9.20. The SMILES string of the molecule is COC(=O)CCCn1c(C)cc(C(=O)COc2ccc3c(C)cc(=O)oc3c2C)c1C. The molecule has 0 saturated heterocycles. The highest BCUT2D eigenvalue weighted by molar-refractivity contribution is 5.98. The van der Waals surface area contributed by atoms with Gasteiger partial charge >= 0.3 is 11.6 Å². The number of methoxy groups -OCH3 is 1. The van der Waals surface area contributed by atoms with Crippen molar-refractivity contribution in [3.8, 4) is 5.75 Å². The van der Waals surface area contributed by atoms with Gasteiger partial charge in [-0.05, 0) is 57.9 Å². The van der Waals surface area contributed by atoms with Crippen molar-refractivity contribution >= 4 is 22.7 Å². The van der Waals surface area contributed by atoms with Crippen molar-refractivity contribution in [1.29, 1.82) is 0 Å². The maximum Gasteiger partial charge on any atom is 0.336 e. The summed E-state index contributed by atoms with van der Waals surface area (Å²) in [6.07, 6.45) is 0.963. The molecule has 3 aromatic rings. The van der Waals surface area contributed by atoms with Gasteiger partial charge in [0.15, 0.2) is 6.61 Å². The zero-order chi connectivity index (χ0) is 22.7. The van der Waals surface area contributed by atoms with Gasteiger partial charge in [-0.3, -0.25) is 9.59 Å². The Kier molecular flexibility index (Phi) is 6.63. The molecule has 3 rings (SSSR count). The van der Waals surface area contributed by atoms with Gasteiger partial charge in [-0.2, -0.15) is 0 Å². The lowest BCUT2D eigenvalue weighted by Gasteiger charge is -2.11. The van der Waals surface area contributed by atoms with Gasteiger partial charge in [0.05, 0.1) is 7.11 Å². The fourth-order valence-electron chi connectivity index (χ4n) is 3.79. The van der Waals surface area contributed by atoms with Crippen LogP contribution in [0.2, 0.25) is 0 Å². The number of ketones is 1. The van der Waals surface area contributed by atoms with Crippen molar-refractivity contribution in [2.24, 2.45) is 0 Å². The van der Waals surface area contributed by atoms with E-state index in [0.717, 1.165) is 22.3 Å². The van der Waals surface area contributed by atoms with E-state index in [0.29, 0.717) is 41.8 Å². The van der Waals surface area contributed by atoms with E-state index >= 15 is 0 Å². The summed E-state index contributed by atoms with van der Waals surface area (Å²) in [7, 11) is 1.37. The minimum Gasteiger partial charge on any atom is -0.485 e. The molecule has 0 saturated carbocycles. The molecule has 0 spiro atoms. The van der Waals surface area contributed by atoms with Gasteiger partial charge in [0, 0.05) is 46.9 Å². The van der Waals surface area contributed by atoms with E-state index < -0.39 is 5.63 Å². The van der Waals surface area contributed by atoms with E-state index in [2.05, 4.69) is 4.74 Å². The lowest BCUT2D eigenvalue weighted by Crippen LogP contribution is -2.14. The molecule has 2 heterocycles. The molecule has 0 aliphatic rings. The Hall–Kier alpha value is -3.35. The van der Waals surface area contributed by atoms with Crippen LogP contribution in [0.4, 0.5) is 0 Å². The van der Waals surface area contributed by atoms with Crippen LogP contribution in [0.25, 0.3) is 11.0 Å². The summed E-state index contributed by atoms with van der Waals surface area (Å²) in [5, 5.41) is 0.839. The normalized spacial score (nSPS) is 11.0. The van der Waals surface area contributed by atoms with Gasteiger partial charge in [-0.1, -0.05) is 0 Å². The minimum atomic E-state index is -0.416. The molecule has 31 heavy (non-hydrogen) atoms. The van der Waals surface area contributed by atoms with Crippen molar-refractivity contribution in [3.63, 3.8) is 0 Å². The first-order chi connectivity index (χ1) is 14.7. The first kappa shape index (κ1) is 22.3. The average molecular weight is 425 g/mol. The van der Waals surface area contributed by atoms with Crippen molar-refractivity contribution in [3.05, 3.63) is 62.8 Å². The molecular formula is C24H27NO6. The van der Waals surface area contributed by atoms with E-state index in [1.165, 1.54) is 13.2 Å². The summed E-state index contributed by atoms with van der Waals surface area (Å²) < 4.78 is 17.8. The number of rotatable bonds is 8. The monoisotopic (exact) mass is 425 g/mol. The van der Waals surface area contributed by atoms with Crippen LogP contribution in [0.15, 0.2) is 33.5 Å². The van der Waals surface area contributed by atoms with Gasteiger partial charge in [-0.15, -0.1) is 0 Å². The van der Waals surface area contributed by atoms with Gasteiger partial charge in [-0.25, -0.2) is 4.79 Å². The number of carbonyl (C=O) groups excluding carboxylic acids is 2. The molecule has 0 amide bonds. The van der Waals surface area contributed by atoms with Crippen LogP contribution in [0, 0.1) is 27.7 Å². The van der Waals surface area contributed by atoms with E-state index in [-0.39, 0.29) is 18.4 Å². The number of benzene rings is 1. The molecule has 0 radical (unpaired) electrons. The van der Waals surface area contributed by atoms with Crippen LogP contribution in [0.1, 0.15) is 45.7 Å². The number of ether oxygens (including phenoxy) is 2. The summed E-state index contributed by atoms with van der Waals surface area (Å²) in [4.78, 5) is 35.9. The molecule has 0 aliphatic heterocycles. The summed E-state index contributed by atoms with van der Waals surface area (Å²) >= 11 is 0. The highest BCUT2D eigenvalue weighted by atomic mass is 16.5. The maximum atomic E-state index is 12.8. The lowest BCUT2D eigenvalue weighted by molar-refractivity contribution is -0.140. The molecular weight excluding hydrogens is 398 g/mol. The number of esters is 1. The van der Waals surface area contributed by atoms with Gasteiger partial charge in [0.1, 0.15) is 11.3 Å². The highest BCUT2D eigenvalue weighted by Gasteiger charge is 2.18. The van der Waals surface area contributed by atoms with Gasteiger partial charge < -0.3 is 18.5 Å². The number of hydrogen-bond acceptors (Lipinski definition) is 6. The predicted octanol–water partition coefficient (Wildman–Crippen LogP) is 4.04. The number of nitrogens with zero attached hydrogens (tertiary/aromatic N) is 1. The van der Waals surface area contributed by atoms with Gasteiger partial charge in [0.2, 0.25) is 5.78 Å². The van der Waals surface area contributed by atoms with Crippen LogP contribution >= 0.6 is 0 Å².